The molecule has 0 saturated carbocycles. The van der Waals surface area contributed by atoms with E-state index in [1.165, 1.54) is 0 Å². The van der Waals surface area contributed by atoms with Gasteiger partial charge in [-0.1, -0.05) is 0 Å². The molecule has 1 aromatic rings. The molecule has 2 heterocycles. The molecule has 0 aromatic heterocycles. The highest BCUT2D eigenvalue weighted by Gasteiger charge is 2.32. The fraction of sp³-hybridized carbons (Fsp3) is 0.571. The second-order valence-electron chi connectivity index (χ2n) is 5.43. The first kappa shape index (κ1) is 14.8. The van der Waals surface area contributed by atoms with Gasteiger partial charge in [-0.3, -0.25) is 4.90 Å². The van der Waals surface area contributed by atoms with Gasteiger partial charge < -0.3 is 10.1 Å². The molecule has 2 aliphatic heterocycles. The van der Waals surface area contributed by atoms with Gasteiger partial charge in [0.1, 0.15) is 5.75 Å². The lowest BCUT2D eigenvalue weighted by atomic mass is 10.1. The average Bonchev–Trinajstić information content (AvgIpc) is 2.46. The molecule has 2 fully saturated rings. The summed E-state index contributed by atoms with van der Waals surface area (Å²) in [7, 11) is -1.82. The van der Waals surface area contributed by atoms with Crippen molar-refractivity contribution in [3.63, 3.8) is 0 Å². The third-order valence-electron chi connectivity index (χ3n) is 4.25. The Morgan fingerprint density at radius 2 is 1.71 bits per heavy atom. The molecule has 7 heteroatoms. The van der Waals surface area contributed by atoms with Crippen LogP contribution in [0, 0.1) is 0 Å². The van der Waals surface area contributed by atoms with Crippen LogP contribution in [0.25, 0.3) is 0 Å². The number of hydrogen-bond donors (Lipinski definition) is 1. The lowest BCUT2D eigenvalue weighted by molar-refractivity contribution is 0.103. The number of piperazine rings is 1. The smallest absolute Gasteiger partial charge is 0.243 e. The number of nitrogens with one attached hydrogen (secondary N) is 1. The number of methoxy groups -OCH3 is 1. The van der Waals surface area contributed by atoms with Gasteiger partial charge in [-0.05, 0) is 24.3 Å². The van der Waals surface area contributed by atoms with Crippen LogP contribution in [0.4, 0.5) is 0 Å². The van der Waals surface area contributed by atoms with Crippen LogP contribution < -0.4 is 10.1 Å². The van der Waals surface area contributed by atoms with Gasteiger partial charge in [-0.25, -0.2) is 8.42 Å². The first-order chi connectivity index (χ1) is 10.1. The van der Waals surface area contributed by atoms with Crippen LogP contribution in [0.5, 0.6) is 5.75 Å². The SMILES string of the molecule is COc1ccc(S(=O)(=O)N2CCN(C3CNC3)CC2)cc1. The first-order valence-electron chi connectivity index (χ1n) is 7.20. The summed E-state index contributed by atoms with van der Waals surface area (Å²) in [5.41, 5.74) is 0. The third-order valence-corrected chi connectivity index (χ3v) is 6.16. The van der Waals surface area contributed by atoms with Crippen molar-refractivity contribution in [3.8, 4) is 5.75 Å². The molecule has 0 radical (unpaired) electrons. The highest BCUT2D eigenvalue weighted by molar-refractivity contribution is 7.89. The summed E-state index contributed by atoms with van der Waals surface area (Å²) in [5, 5.41) is 3.25. The molecule has 0 bridgehead atoms. The van der Waals surface area contributed by atoms with Crippen molar-refractivity contribution >= 4 is 10.0 Å². The number of nitrogens with zero attached hydrogens (tertiary/aromatic N) is 2. The molecule has 0 spiro atoms. The second-order valence-corrected chi connectivity index (χ2v) is 7.37. The number of hydrogen-bond acceptors (Lipinski definition) is 5. The largest absolute Gasteiger partial charge is 0.497 e. The first-order valence-corrected chi connectivity index (χ1v) is 8.64. The summed E-state index contributed by atoms with van der Waals surface area (Å²) in [4.78, 5) is 2.71. The Hall–Kier alpha value is -1.15. The number of rotatable bonds is 4. The van der Waals surface area contributed by atoms with Crippen molar-refractivity contribution in [2.45, 2.75) is 10.9 Å². The minimum Gasteiger partial charge on any atom is -0.497 e. The molecule has 1 aromatic carbocycles. The topological polar surface area (TPSA) is 61.9 Å². The Morgan fingerprint density at radius 1 is 1.10 bits per heavy atom. The fourth-order valence-corrected chi connectivity index (χ4v) is 4.16. The van der Waals surface area contributed by atoms with E-state index in [0.29, 0.717) is 29.8 Å². The van der Waals surface area contributed by atoms with Gasteiger partial charge in [0.05, 0.1) is 12.0 Å². The Labute approximate surface area is 125 Å². The maximum Gasteiger partial charge on any atom is 0.243 e. The zero-order valence-corrected chi connectivity index (χ0v) is 13.0. The second kappa shape index (κ2) is 5.92. The standard InChI is InChI=1S/C14H21N3O3S/c1-20-13-2-4-14(5-3-13)21(18,19)17-8-6-16(7-9-17)12-10-15-11-12/h2-5,12,15H,6-11H2,1H3. The highest BCUT2D eigenvalue weighted by atomic mass is 32.2. The van der Waals surface area contributed by atoms with Crippen LogP contribution in [0.15, 0.2) is 29.2 Å². The Morgan fingerprint density at radius 3 is 2.19 bits per heavy atom. The normalized spacial score (nSPS) is 22.0. The van der Waals surface area contributed by atoms with E-state index in [0.717, 1.165) is 26.2 Å². The molecule has 0 amide bonds. The zero-order chi connectivity index (χ0) is 14.9. The van der Waals surface area contributed by atoms with E-state index in [4.69, 9.17) is 4.74 Å². The lowest BCUT2D eigenvalue weighted by Gasteiger charge is -2.42. The van der Waals surface area contributed by atoms with Crippen molar-refractivity contribution < 1.29 is 13.2 Å². The molecule has 2 aliphatic rings. The van der Waals surface area contributed by atoms with Gasteiger partial charge in [-0.15, -0.1) is 0 Å². The molecule has 0 unspecified atom stereocenters. The van der Waals surface area contributed by atoms with E-state index in [1.807, 2.05) is 0 Å². The molecule has 3 rings (SSSR count). The van der Waals surface area contributed by atoms with Crippen molar-refractivity contribution in [2.75, 3.05) is 46.4 Å². The molecule has 0 aliphatic carbocycles. The average molecular weight is 311 g/mol. The summed E-state index contributed by atoms with van der Waals surface area (Å²) >= 11 is 0. The van der Waals surface area contributed by atoms with Gasteiger partial charge in [-0.2, -0.15) is 4.31 Å². The van der Waals surface area contributed by atoms with Crippen molar-refractivity contribution in [1.82, 2.24) is 14.5 Å². The van der Waals surface area contributed by atoms with E-state index in [-0.39, 0.29) is 0 Å². The Bertz CT molecular complexity index is 576. The van der Waals surface area contributed by atoms with Crippen LogP contribution >= 0.6 is 0 Å². The van der Waals surface area contributed by atoms with Crippen LogP contribution in [-0.2, 0) is 10.0 Å². The maximum absolute atomic E-state index is 12.6. The van der Waals surface area contributed by atoms with Crippen molar-refractivity contribution in [2.24, 2.45) is 0 Å². The third kappa shape index (κ3) is 2.91. The minimum atomic E-state index is -3.39. The van der Waals surface area contributed by atoms with Gasteiger partial charge in [0.2, 0.25) is 10.0 Å². The molecule has 0 atom stereocenters. The fourth-order valence-electron chi connectivity index (χ4n) is 2.74. The van der Waals surface area contributed by atoms with E-state index in [1.54, 1.807) is 35.7 Å². The summed E-state index contributed by atoms with van der Waals surface area (Å²) in [6.45, 7) is 4.77. The monoisotopic (exact) mass is 311 g/mol. The van der Waals surface area contributed by atoms with E-state index in [2.05, 4.69) is 10.2 Å². The van der Waals surface area contributed by atoms with Crippen molar-refractivity contribution in [1.29, 1.82) is 0 Å². The Balaban J connectivity index is 1.67. The van der Waals surface area contributed by atoms with Crippen LogP contribution in [-0.4, -0.2) is 70.0 Å². The van der Waals surface area contributed by atoms with E-state index in [9.17, 15) is 8.42 Å². The number of benzene rings is 1. The predicted octanol–water partition coefficient (Wildman–Crippen LogP) is -0.0267. The molecule has 116 valence electrons. The quantitative estimate of drug-likeness (QED) is 0.846. The molecule has 2 saturated heterocycles. The summed E-state index contributed by atoms with van der Waals surface area (Å²) < 4.78 is 31.8. The predicted molar refractivity (Wildman–Crippen MR) is 80.0 cm³/mol. The summed E-state index contributed by atoms with van der Waals surface area (Å²) in [6.07, 6.45) is 0. The molecule has 21 heavy (non-hydrogen) atoms. The van der Waals surface area contributed by atoms with Gasteiger partial charge in [0, 0.05) is 45.3 Å². The van der Waals surface area contributed by atoms with Gasteiger partial charge in [0.15, 0.2) is 0 Å². The van der Waals surface area contributed by atoms with Crippen molar-refractivity contribution in [3.05, 3.63) is 24.3 Å². The molecular weight excluding hydrogens is 290 g/mol. The van der Waals surface area contributed by atoms with Crippen LogP contribution in [0.1, 0.15) is 0 Å². The van der Waals surface area contributed by atoms with Crippen LogP contribution in [0.2, 0.25) is 0 Å². The molecule has 1 N–H and O–H groups in total. The molecular formula is C14H21N3O3S. The number of sulfonamides is 1. The highest BCUT2D eigenvalue weighted by Crippen LogP contribution is 2.21. The van der Waals surface area contributed by atoms with E-state index >= 15 is 0 Å². The zero-order valence-electron chi connectivity index (χ0n) is 12.2. The molecule has 6 nitrogen and oxygen atoms in total. The summed E-state index contributed by atoms with van der Waals surface area (Å²) in [5.74, 6) is 0.663. The Kier molecular flexibility index (Phi) is 4.17. The van der Waals surface area contributed by atoms with E-state index < -0.39 is 10.0 Å². The maximum atomic E-state index is 12.6. The lowest BCUT2D eigenvalue weighted by Crippen LogP contribution is -2.62. The minimum absolute atomic E-state index is 0.335. The number of ether oxygens (including phenoxy) is 1. The van der Waals surface area contributed by atoms with Gasteiger partial charge >= 0.3 is 0 Å². The van der Waals surface area contributed by atoms with Crippen LogP contribution in [0.3, 0.4) is 0 Å². The summed E-state index contributed by atoms with van der Waals surface area (Å²) in [6, 6.07) is 7.16. The van der Waals surface area contributed by atoms with Gasteiger partial charge in [0.25, 0.3) is 0 Å².